The topological polar surface area (TPSA) is 46.3 Å². The number of carbonyl (C=O) groups is 1. The minimum absolute atomic E-state index is 0.259. The lowest BCUT2D eigenvalue weighted by atomic mass is 10.1. The minimum atomic E-state index is -1.11. The molecule has 1 atom stereocenters. The number of amides is 1. The van der Waals surface area contributed by atoms with Crippen molar-refractivity contribution < 1.29 is 18.0 Å². The van der Waals surface area contributed by atoms with Gasteiger partial charge in [0.05, 0.1) is 11.3 Å². The summed E-state index contributed by atoms with van der Waals surface area (Å²) in [5, 5.41) is 0. The van der Waals surface area contributed by atoms with E-state index in [4.69, 9.17) is 4.42 Å². The third-order valence-corrected chi connectivity index (χ3v) is 3.62. The quantitative estimate of drug-likeness (QED) is 0.853. The molecule has 3 rings (SSSR count). The van der Waals surface area contributed by atoms with Crippen LogP contribution in [0.2, 0.25) is 0 Å². The van der Waals surface area contributed by atoms with Gasteiger partial charge in [0, 0.05) is 6.54 Å². The van der Waals surface area contributed by atoms with Gasteiger partial charge in [0.2, 0.25) is 5.89 Å². The van der Waals surface area contributed by atoms with Crippen LogP contribution in [0, 0.1) is 18.6 Å². The summed E-state index contributed by atoms with van der Waals surface area (Å²) < 4.78 is 32.4. The number of aromatic nitrogens is 1. The molecule has 21 heavy (non-hydrogen) atoms. The molecule has 1 aromatic carbocycles. The summed E-state index contributed by atoms with van der Waals surface area (Å²) in [7, 11) is 0. The van der Waals surface area contributed by atoms with Crippen LogP contribution in [0.25, 0.3) is 0 Å². The zero-order valence-electron chi connectivity index (χ0n) is 11.5. The van der Waals surface area contributed by atoms with Crippen LogP contribution >= 0.6 is 0 Å². The second-order valence-corrected chi connectivity index (χ2v) is 5.09. The molecule has 6 heteroatoms. The van der Waals surface area contributed by atoms with E-state index in [1.807, 2.05) is 0 Å². The van der Waals surface area contributed by atoms with Gasteiger partial charge in [-0.3, -0.25) is 4.79 Å². The van der Waals surface area contributed by atoms with Crippen molar-refractivity contribution in [1.29, 1.82) is 0 Å². The van der Waals surface area contributed by atoms with Crippen LogP contribution in [-0.2, 0) is 0 Å². The fourth-order valence-electron chi connectivity index (χ4n) is 2.62. The molecular formula is C15H14F2N2O2. The van der Waals surface area contributed by atoms with Gasteiger partial charge in [-0.25, -0.2) is 13.8 Å². The largest absolute Gasteiger partial charge is 0.446 e. The molecule has 1 aliphatic rings. The Bertz CT molecular complexity index is 684. The molecule has 1 amide bonds. The van der Waals surface area contributed by atoms with Gasteiger partial charge in [-0.1, -0.05) is 6.07 Å². The van der Waals surface area contributed by atoms with Crippen molar-refractivity contribution in [3.8, 4) is 0 Å². The number of benzene rings is 1. The second kappa shape index (κ2) is 5.27. The highest BCUT2D eigenvalue weighted by atomic mass is 19.2. The maximum Gasteiger partial charge on any atom is 0.257 e. The molecule has 4 nitrogen and oxygen atoms in total. The van der Waals surface area contributed by atoms with E-state index in [1.165, 1.54) is 23.3 Å². The van der Waals surface area contributed by atoms with Crippen LogP contribution in [-0.4, -0.2) is 22.3 Å². The predicted molar refractivity (Wildman–Crippen MR) is 70.6 cm³/mol. The number of carbonyl (C=O) groups excluding carboxylic acids is 1. The molecule has 0 saturated carbocycles. The summed E-state index contributed by atoms with van der Waals surface area (Å²) in [6.07, 6.45) is 2.98. The Hall–Kier alpha value is -2.24. The lowest BCUT2D eigenvalue weighted by Crippen LogP contribution is -2.31. The number of aryl methyl sites for hydroxylation is 1. The molecule has 2 aromatic rings. The third-order valence-electron chi connectivity index (χ3n) is 3.62. The lowest BCUT2D eigenvalue weighted by molar-refractivity contribution is 0.0709. The fourth-order valence-corrected chi connectivity index (χ4v) is 2.62. The van der Waals surface area contributed by atoms with Crippen LogP contribution in [0.5, 0.6) is 0 Å². The fraction of sp³-hybridized carbons (Fsp3) is 0.333. The molecule has 1 aromatic heterocycles. The molecule has 0 aliphatic carbocycles. The van der Waals surface area contributed by atoms with Crippen molar-refractivity contribution in [1.82, 2.24) is 9.88 Å². The van der Waals surface area contributed by atoms with Crippen molar-refractivity contribution in [3.63, 3.8) is 0 Å². The number of nitrogens with zero attached hydrogens (tertiary/aromatic N) is 2. The SMILES string of the molecule is Cc1coc([C@H]2CCCN2C(=O)c2cccc(F)c2F)n1. The van der Waals surface area contributed by atoms with E-state index in [9.17, 15) is 13.6 Å². The van der Waals surface area contributed by atoms with Crippen LogP contribution in [0.1, 0.15) is 40.8 Å². The Morgan fingerprint density at radius 1 is 1.43 bits per heavy atom. The zero-order valence-corrected chi connectivity index (χ0v) is 11.5. The molecule has 1 aliphatic heterocycles. The maximum absolute atomic E-state index is 13.8. The Kier molecular flexibility index (Phi) is 3.45. The zero-order chi connectivity index (χ0) is 15.0. The van der Waals surface area contributed by atoms with Crippen molar-refractivity contribution in [2.24, 2.45) is 0 Å². The van der Waals surface area contributed by atoms with Gasteiger partial charge in [0.25, 0.3) is 5.91 Å². The van der Waals surface area contributed by atoms with E-state index >= 15 is 0 Å². The molecule has 1 fully saturated rings. The van der Waals surface area contributed by atoms with Crippen molar-refractivity contribution in [2.45, 2.75) is 25.8 Å². The second-order valence-electron chi connectivity index (χ2n) is 5.09. The molecule has 2 heterocycles. The first-order chi connectivity index (χ1) is 10.1. The van der Waals surface area contributed by atoms with Crippen molar-refractivity contribution in [2.75, 3.05) is 6.54 Å². The summed E-state index contributed by atoms with van der Waals surface area (Å²) in [4.78, 5) is 18.2. The molecule has 0 radical (unpaired) electrons. The van der Waals surface area contributed by atoms with Crippen molar-refractivity contribution >= 4 is 5.91 Å². The number of rotatable bonds is 2. The standard InChI is InChI=1S/C15H14F2N2O2/c1-9-8-21-14(18-9)12-6-3-7-19(12)15(20)10-4-2-5-11(16)13(10)17/h2,4-5,8,12H,3,6-7H2,1H3/t12-/m1/s1. The monoisotopic (exact) mass is 292 g/mol. The third kappa shape index (κ3) is 2.41. The molecule has 1 saturated heterocycles. The van der Waals surface area contributed by atoms with Gasteiger partial charge in [0.15, 0.2) is 11.6 Å². The Labute approximate surface area is 120 Å². The number of likely N-dealkylation sites (tertiary alicyclic amines) is 1. The summed E-state index contributed by atoms with van der Waals surface area (Å²) >= 11 is 0. The lowest BCUT2D eigenvalue weighted by Gasteiger charge is -2.22. The number of hydrogen-bond acceptors (Lipinski definition) is 3. The van der Waals surface area contributed by atoms with Gasteiger partial charge in [-0.05, 0) is 31.9 Å². The van der Waals surface area contributed by atoms with Gasteiger partial charge >= 0.3 is 0 Å². The molecule has 110 valence electrons. The van der Waals surface area contributed by atoms with E-state index < -0.39 is 17.5 Å². The van der Waals surface area contributed by atoms with Gasteiger partial charge in [-0.15, -0.1) is 0 Å². The molecular weight excluding hydrogens is 278 g/mol. The Balaban J connectivity index is 1.91. The van der Waals surface area contributed by atoms with Crippen molar-refractivity contribution in [3.05, 3.63) is 53.2 Å². The van der Waals surface area contributed by atoms with E-state index in [0.717, 1.165) is 18.2 Å². The average Bonchev–Trinajstić information content (AvgIpc) is 3.09. The van der Waals surface area contributed by atoms with Gasteiger partial charge < -0.3 is 9.32 Å². The van der Waals surface area contributed by atoms with Gasteiger partial charge in [-0.2, -0.15) is 0 Å². The normalized spacial score (nSPS) is 18.2. The summed E-state index contributed by atoms with van der Waals surface area (Å²) in [6, 6.07) is 3.28. The number of oxazole rings is 1. The van der Waals surface area contributed by atoms with E-state index in [-0.39, 0.29) is 11.6 Å². The molecule has 0 bridgehead atoms. The summed E-state index contributed by atoms with van der Waals surface area (Å²) in [5.74, 6) is -2.24. The maximum atomic E-state index is 13.8. The highest BCUT2D eigenvalue weighted by Crippen LogP contribution is 2.33. The molecule has 0 unspecified atom stereocenters. The van der Waals surface area contributed by atoms with E-state index in [0.29, 0.717) is 18.9 Å². The number of halogens is 2. The van der Waals surface area contributed by atoms with Crippen LogP contribution in [0.15, 0.2) is 28.9 Å². The van der Waals surface area contributed by atoms with Gasteiger partial charge in [0.1, 0.15) is 12.3 Å². The molecule has 0 N–H and O–H groups in total. The molecule has 0 spiro atoms. The highest BCUT2D eigenvalue weighted by Gasteiger charge is 2.34. The highest BCUT2D eigenvalue weighted by molar-refractivity contribution is 5.94. The Morgan fingerprint density at radius 3 is 2.95 bits per heavy atom. The first-order valence-corrected chi connectivity index (χ1v) is 6.75. The summed E-state index contributed by atoms with van der Waals surface area (Å²) in [5.41, 5.74) is 0.464. The number of hydrogen-bond donors (Lipinski definition) is 0. The Morgan fingerprint density at radius 2 is 2.24 bits per heavy atom. The van der Waals surface area contributed by atoms with E-state index in [2.05, 4.69) is 4.98 Å². The van der Waals surface area contributed by atoms with Crippen LogP contribution < -0.4 is 0 Å². The predicted octanol–water partition coefficient (Wildman–Crippen LogP) is 3.24. The van der Waals surface area contributed by atoms with Crippen LogP contribution in [0.3, 0.4) is 0 Å². The van der Waals surface area contributed by atoms with Crippen LogP contribution in [0.4, 0.5) is 8.78 Å². The van der Waals surface area contributed by atoms with E-state index in [1.54, 1.807) is 6.92 Å². The minimum Gasteiger partial charge on any atom is -0.446 e. The smallest absolute Gasteiger partial charge is 0.257 e. The average molecular weight is 292 g/mol. The first kappa shape index (κ1) is 13.7. The first-order valence-electron chi connectivity index (χ1n) is 6.75. The summed E-state index contributed by atoms with van der Waals surface area (Å²) in [6.45, 7) is 2.27.